The molecule has 6 nitrogen and oxygen atoms in total. The van der Waals surface area contributed by atoms with Crippen molar-refractivity contribution in [3.63, 3.8) is 0 Å². The summed E-state index contributed by atoms with van der Waals surface area (Å²) >= 11 is 0. The van der Waals surface area contributed by atoms with Gasteiger partial charge in [0.05, 0.1) is 10.6 Å². The molecule has 0 N–H and O–H groups in total. The Morgan fingerprint density at radius 3 is 2.18 bits per heavy atom. The summed E-state index contributed by atoms with van der Waals surface area (Å²) in [7, 11) is -3.52. The van der Waals surface area contributed by atoms with Crippen LogP contribution in [0, 0.1) is 13.8 Å². The summed E-state index contributed by atoms with van der Waals surface area (Å²) in [5.74, 6) is 0.635. The largest absolute Gasteiger partial charge is 0.338 e. The molecule has 0 bridgehead atoms. The van der Waals surface area contributed by atoms with Crippen LogP contribution in [-0.4, -0.2) is 48.9 Å². The van der Waals surface area contributed by atoms with Crippen molar-refractivity contribution in [2.75, 3.05) is 31.1 Å². The van der Waals surface area contributed by atoms with Crippen molar-refractivity contribution in [1.82, 2.24) is 14.3 Å². The minimum Gasteiger partial charge on any atom is -0.338 e. The molecule has 1 saturated heterocycles. The molecule has 0 amide bonds. The molecule has 0 saturated carbocycles. The van der Waals surface area contributed by atoms with Crippen molar-refractivity contribution >= 4 is 16.0 Å². The smallest absolute Gasteiger partial charge is 0.243 e. The summed E-state index contributed by atoms with van der Waals surface area (Å²) in [5.41, 5.74) is 5.01. The standard InChI is InChI=1S/C26H32N4O2S/c1-19-6-7-20(2)24(18-19)33(31,32)30-16-14-29(15-17-30)25-27-13-12-23(28-25)21-8-10-22(11-9-21)26(3,4)5/h6-13,18H,14-17H2,1-5H3. The van der Waals surface area contributed by atoms with Gasteiger partial charge in [0.15, 0.2) is 0 Å². The van der Waals surface area contributed by atoms with Gasteiger partial charge in [-0.1, -0.05) is 57.2 Å². The number of rotatable bonds is 4. The Bertz CT molecular complexity index is 1240. The van der Waals surface area contributed by atoms with E-state index in [4.69, 9.17) is 4.98 Å². The van der Waals surface area contributed by atoms with Gasteiger partial charge in [0.2, 0.25) is 16.0 Å². The van der Waals surface area contributed by atoms with Gasteiger partial charge in [-0.05, 0) is 48.1 Å². The van der Waals surface area contributed by atoms with Crippen molar-refractivity contribution in [2.45, 2.75) is 44.9 Å². The molecule has 0 radical (unpaired) electrons. The Morgan fingerprint density at radius 2 is 1.55 bits per heavy atom. The summed E-state index contributed by atoms with van der Waals surface area (Å²) in [6, 6.07) is 16.0. The van der Waals surface area contributed by atoms with Crippen molar-refractivity contribution in [3.8, 4) is 11.3 Å². The molecule has 1 aliphatic rings. The van der Waals surface area contributed by atoms with E-state index in [1.807, 2.05) is 32.0 Å². The van der Waals surface area contributed by atoms with Crippen LogP contribution in [-0.2, 0) is 15.4 Å². The lowest BCUT2D eigenvalue weighted by atomic mass is 9.86. The second kappa shape index (κ2) is 8.88. The highest BCUT2D eigenvalue weighted by Crippen LogP contribution is 2.27. The Kier molecular flexibility index (Phi) is 6.29. The number of aryl methyl sites for hydroxylation is 2. The maximum atomic E-state index is 13.2. The molecule has 2 aromatic carbocycles. The number of piperazine rings is 1. The lowest BCUT2D eigenvalue weighted by Crippen LogP contribution is -2.49. The van der Waals surface area contributed by atoms with Gasteiger partial charge in [0, 0.05) is 37.9 Å². The van der Waals surface area contributed by atoms with E-state index in [9.17, 15) is 8.42 Å². The summed E-state index contributed by atoms with van der Waals surface area (Å²) in [6.07, 6.45) is 1.77. The predicted octanol–water partition coefficient (Wildman–Crippen LogP) is 4.57. The SMILES string of the molecule is Cc1ccc(C)c(S(=O)(=O)N2CCN(c3nccc(-c4ccc(C(C)(C)C)cc4)n3)CC2)c1. The topological polar surface area (TPSA) is 66.4 Å². The van der Waals surface area contributed by atoms with Crippen LogP contribution in [0.25, 0.3) is 11.3 Å². The molecule has 174 valence electrons. The Hall–Kier alpha value is -2.77. The Labute approximate surface area is 197 Å². The van der Waals surface area contributed by atoms with E-state index in [-0.39, 0.29) is 5.41 Å². The normalized spacial score (nSPS) is 15.6. The molecule has 0 spiro atoms. The molecule has 4 rings (SSSR count). The quantitative estimate of drug-likeness (QED) is 0.566. The van der Waals surface area contributed by atoms with E-state index < -0.39 is 10.0 Å². The van der Waals surface area contributed by atoms with E-state index in [1.54, 1.807) is 16.6 Å². The van der Waals surface area contributed by atoms with E-state index in [0.717, 1.165) is 22.4 Å². The van der Waals surface area contributed by atoms with E-state index in [1.165, 1.54) is 5.56 Å². The minimum atomic E-state index is -3.52. The summed E-state index contributed by atoms with van der Waals surface area (Å²) in [6.45, 7) is 12.3. The lowest BCUT2D eigenvalue weighted by Gasteiger charge is -2.34. The summed E-state index contributed by atoms with van der Waals surface area (Å²) in [5, 5.41) is 0. The van der Waals surface area contributed by atoms with Gasteiger partial charge in [-0.3, -0.25) is 0 Å². The van der Waals surface area contributed by atoms with Gasteiger partial charge in [-0.25, -0.2) is 18.4 Å². The van der Waals surface area contributed by atoms with Gasteiger partial charge < -0.3 is 4.90 Å². The van der Waals surface area contributed by atoms with Crippen LogP contribution in [0.3, 0.4) is 0 Å². The van der Waals surface area contributed by atoms with Crippen LogP contribution in [0.15, 0.2) is 59.6 Å². The molecule has 33 heavy (non-hydrogen) atoms. The van der Waals surface area contributed by atoms with Crippen molar-refractivity contribution in [2.24, 2.45) is 0 Å². The van der Waals surface area contributed by atoms with Gasteiger partial charge in [0.1, 0.15) is 0 Å². The number of hydrogen-bond acceptors (Lipinski definition) is 5. The first-order valence-corrected chi connectivity index (χ1v) is 12.8. The number of anilines is 1. The fourth-order valence-corrected chi connectivity index (χ4v) is 5.79. The third-order valence-electron chi connectivity index (χ3n) is 6.17. The van der Waals surface area contributed by atoms with Crippen LogP contribution in [0.2, 0.25) is 0 Å². The number of benzene rings is 2. The number of aromatic nitrogens is 2. The molecule has 1 aromatic heterocycles. The average molecular weight is 465 g/mol. The highest BCUT2D eigenvalue weighted by molar-refractivity contribution is 7.89. The second-order valence-corrected chi connectivity index (χ2v) is 11.6. The van der Waals surface area contributed by atoms with Gasteiger partial charge >= 0.3 is 0 Å². The number of sulfonamides is 1. The Balaban J connectivity index is 1.49. The predicted molar refractivity (Wildman–Crippen MR) is 133 cm³/mol. The van der Waals surface area contributed by atoms with Crippen LogP contribution < -0.4 is 4.90 Å². The third-order valence-corrected chi connectivity index (χ3v) is 8.21. The van der Waals surface area contributed by atoms with Crippen LogP contribution in [0.1, 0.15) is 37.5 Å². The van der Waals surface area contributed by atoms with Crippen molar-refractivity contribution < 1.29 is 8.42 Å². The maximum Gasteiger partial charge on any atom is 0.243 e. The minimum absolute atomic E-state index is 0.104. The molecule has 0 unspecified atom stereocenters. The van der Waals surface area contributed by atoms with E-state index in [2.05, 4.69) is 54.9 Å². The van der Waals surface area contributed by atoms with Gasteiger partial charge in [0.25, 0.3) is 0 Å². The fraction of sp³-hybridized carbons (Fsp3) is 0.385. The fourth-order valence-electron chi connectivity index (χ4n) is 4.06. The Morgan fingerprint density at radius 1 is 0.879 bits per heavy atom. The zero-order chi connectivity index (χ0) is 23.8. The highest BCUT2D eigenvalue weighted by atomic mass is 32.2. The zero-order valence-electron chi connectivity index (χ0n) is 20.0. The first-order chi connectivity index (χ1) is 15.6. The van der Waals surface area contributed by atoms with Crippen LogP contribution in [0.5, 0.6) is 0 Å². The summed E-state index contributed by atoms with van der Waals surface area (Å²) in [4.78, 5) is 11.7. The first kappa shape index (κ1) is 23.4. The summed E-state index contributed by atoms with van der Waals surface area (Å²) < 4.78 is 28.0. The van der Waals surface area contributed by atoms with E-state index in [0.29, 0.717) is 37.0 Å². The lowest BCUT2D eigenvalue weighted by molar-refractivity contribution is 0.382. The molecule has 7 heteroatoms. The molecule has 1 aliphatic heterocycles. The molecule has 0 aliphatic carbocycles. The molecule has 0 atom stereocenters. The molecule has 1 fully saturated rings. The third kappa shape index (κ3) is 4.94. The van der Waals surface area contributed by atoms with Crippen LogP contribution in [0.4, 0.5) is 5.95 Å². The van der Waals surface area contributed by atoms with Gasteiger partial charge in [-0.15, -0.1) is 0 Å². The highest BCUT2D eigenvalue weighted by Gasteiger charge is 2.30. The van der Waals surface area contributed by atoms with Gasteiger partial charge in [-0.2, -0.15) is 4.31 Å². The number of nitrogens with zero attached hydrogens (tertiary/aromatic N) is 4. The number of hydrogen-bond donors (Lipinski definition) is 0. The molecule has 3 aromatic rings. The first-order valence-electron chi connectivity index (χ1n) is 11.3. The van der Waals surface area contributed by atoms with Crippen LogP contribution >= 0.6 is 0 Å². The second-order valence-electron chi connectivity index (χ2n) is 9.73. The molecular formula is C26H32N4O2S. The maximum absolute atomic E-state index is 13.2. The monoisotopic (exact) mass is 464 g/mol. The zero-order valence-corrected chi connectivity index (χ0v) is 20.9. The molecular weight excluding hydrogens is 432 g/mol. The van der Waals surface area contributed by atoms with Crippen molar-refractivity contribution in [1.29, 1.82) is 0 Å². The van der Waals surface area contributed by atoms with Crippen molar-refractivity contribution in [3.05, 3.63) is 71.4 Å². The molecule has 2 heterocycles. The van der Waals surface area contributed by atoms with E-state index >= 15 is 0 Å². The average Bonchev–Trinajstić information content (AvgIpc) is 2.80.